The molecule has 1 aliphatic carbocycles. The Morgan fingerprint density at radius 3 is 2.74 bits per heavy atom. The van der Waals surface area contributed by atoms with Gasteiger partial charge >= 0.3 is 0 Å². The Morgan fingerprint density at radius 2 is 2.11 bits per heavy atom. The minimum absolute atomic E-state index is 0.184. The van der Waals surface area contributed by atoms with Crippen LogP contribution < -0.4 is 16.4 Å². The fraction of sp³-hybridized carbons (Fsp3) is 0.385. The molecular weight excluding hydrogens is 266 g/mol. The highest BCUT2D eigenvalue weighted by atomic mass is 35.5. The van der Waals surface area contributed by atoms with E-state index in [1.165, 1.54) is 0 Å². The van der Waals surface area contributed by atoms with Crippen molar-refractivity contribution in [3.63, 3.8) is 0 Å². The Bertz CT molecular complexity index is 515. The van der Waals surface area contributed by atoms with Crippen LogP contribution in [0.25, 0.3) is 0 Å². The van der Waals surface area contributed by atoms with Crippen molar-refractivity contribution in [3.8, 4) is 0 Å². The van der Waals surface area contributed by atoms with E-state index in [0.717, 1.165) is 12.8 Å². The number of amides is 2. The third kappa shape index (κ3) is 3.38. The summed E-state index contributed by atoms with van der Waals surface area (Å²) in [7, 11) is 0. The number of rotatable bonds is 4. The summed E-state index contributed by atoms with van der Waals surface area (Å²) in [4.78, 5) is 23.7. The monoisotopic (exact) mass is 281 g/mol. The molecule has 6 heteroatoms. The third-order valence-electron chi connectivity index (χ3n) is 2.94. The first-order valence-electron chi connectivity index (χ1n) is 6.14. The summed E-state index contributed by atoms with van der Waals surface area (Å²) in [5.74, 6) is -0.591. The molecule has 1 fully saturated rings. The number of carbonyl (C=O) groups excluding carboxylic acids is 2. The van der Waals surface area contributed by atoms with Crippen LogP contribution in [0.5, 0.6) is 0 Å². The lowest BCUT2D eigenvalue weighted by atomic mass is 10.1. The van der Waals surface area contributed by atoms with E-state index in [9.17, 15) is 9.59 Å². The maximum atomic E-state index is 12.0. The molecule has 4 N–H and O–H groups in total. The minimum Gasteiger partial charge on any atom is -0.398 e. The fourth-order valence-electron chi connectivity index (χ4n) is 1.62. The lowest BCUT2D eigenvalue weighted by Crippen LogP contribution is -2.45. The molecule has 0 heterocycles. The van der Waals surface area contributed by atoms with Crippen molar-refractivity contribution < 1.29 is 9.59 Å². The molecule has 0 aliphatic heterocycles. The van der Waals surface area contributed by atoms with Gasteiger partial charge in [-0.25, -0.2) is 0 Å². The number of nitrogens with one attached hydrogen (secondary N) is 2. The normalized spacial score (nSPS) is 15.7. The lowest BCUT2D eigenvalue weighted by molar-refractivity contribution is -0.122. The van der Waals surface area contributed by atoms with Crippen LogP contribution in [0, 0.1) is 0 Å². The predicted molar refractivity (Wildman–Crippen MR) is 74.0 cm³/mol. The Kier molecular flexibility index (Phi) is 3.95. The van der Waals surface area contributed by atoms with Gasteiger partial charge in [-0.15, -0.1) is 0 Å². The van der Waals surface area contributed by atoms with Crippen molar-refractivity contribution in [2.75, 3.05) is 5.73 Å². The topological polar surface area (TPSA) is 84.2 Å². The third-order valence-corrected chi connectivity index (χ3v) is 3.36. The molecular formula is C13H16ClN3O2. The second-order valence-corrected chi connectivity index (χ2v) is 5.06. The van der Waals surface area contributed by atoms with E-state index in [2.05, 4.69) is 10.6 Å². The zero-order valence-electron chi connectivity index (χ0n) is 10.6. The van der Waals surface area contributed by atoms with Crippen LogP contribution in [-0.4, -0.2) is 23.9 Å². The van der Waals surface area contributed by atoms with E-state index < -0.39 is 11.9 Å². The lowest BCUT2D eigenvalue weighted by Gasteiger charge is -2.14. The average Bonchev–Trinajstić information content (AvgIpc) is 3.16. The number of anilines is 1. The Balaban J connectivity index is 1.99. The molecule has 1 unspecified atom stereocenters. The highest BCUT2D eigenvalue weighted by Crippen LogP contribution is 2.23. The summed E-state index contributed by atoms with van der Waals surface area (Å²) in [6, 6.07) is 4.49. The van der Waals surface area contributed by atoms with E-state index in [0.29, 0.717) is 5.69 Å². The SMILES string of the molecule is CC(NC(=O)c1cccc(N)c1Cl)C(=O)NC1CC1. The molecule has 5 nitrogen and oxygen atoms in total. The molecule has 2 rings (SSSR count). The van der Waals surface area contributed by atoms with Crippen molar-refractivity contribution in [1.29, 1.82) is 0 Å². The number of hydrogen-bond acceptors (Lipinski definition) is 3. The summed E-state index contributed by atoms with van der Waals surface area (Å²) in [5.41, 5.74) is 6.24. The molecule has 0 aromatic heterocycles. The minimum atomic E-state index is -0.606. The highest BCUT2D eigenvalue weighted by Gasteiger charge is 2.26. The summed E-state index contributed by atoms with van der Waals surface area (Å²) >= 11 is 5.96. The Labute approximate surface area is 116 Å². The van der Waals surface area contributed by atoms with Gasteiger partial charge in [-0.3, -0.25) is 9.59 Å². The van der Waals surface area contributed by atoms with Crippen molar-refractivity contribution >= 4 is 29.1 Å². The molecule has 1 aromatic carbocycles. The maximum absolute atomic E-state index is 12.0. The van der Waals surface area contributed by atoms with Crippen LogP contribution in [0.1, 0.15) is 30.1 Å². The average molecular weight is 282 g/mol. The fourth-order valence-corrected chi connectivity index (χ4v) is 1.83. The molecule has 0 spiro atoms. The number of halogens is 1. The van der Waals surface area contributed by atoms with Gasteiger partial charge < -0.3 is 16.4 Å². The number of hydrogen-bond donors (Lipinski definition) is 3. The summed E-state index contributed by atoms with van der Waals surface area (Å²) in [6.45, 7) is 1.63. The van der Waals surface area contributed by atoms with Gasteiger partial charge in [0.2, 0.25) is 5.91 Å². The van der Waals surface area contributed by atoms with Gasteiger partial charge in [0, 0.05) is 6.04 Å². The molecule has 1 aliphatic rings. The number of carbonyl (C=O) groups is 2. The number of benzene rings is 1. The van der Waals surface area contributed by atoms with Gasteiger partial charge in [0.1, 0.15) is 6.04 Å². The number of nitrogen functional groups attached to an aromatic ring is 1. The van der Waals surface area contributed by atoms with E-state index in [-0.39, 0.29) is 22.5 Å². The van der Waals surface area contributed by atoms with Gasteiger partial charge in [0.05, 0.1) is 16.3 Å². The molecule has 102 valence electrons. The van der Waals surface area contributed by atoms with Gasteiger partial charge in [-0.1, -0.05) is 17.7 Å². The van der Waals surface area contributed by atoms with E-state index in [1.807, 2.05) is 0 Å². The van der Waals surface area contributed by atoms with Crippen molar-refractivity contribution in [3.05, 3.63) is 28.8 Å². The zero-order chi connectivity index (χ0) is 14.0. The Morgan fingerprint density at radius 1 is 1.42 bits per heavy atom. The molecule has 0 radical (unpaired) electrons. The molecule has 2 amide bonds. The second-order valence-electron chi connectivity index (χ2n) is 4.69. The van der Waals surface area contributed by atoms with Crippen LogP contribution in [0.15, 0.2) is 18.2 Å². The van der Waals surface area contributed by atoms with Crippen LogP contribution in [0.4, 0.5) is 5.69 Å². The van der Waals surface area contributed by atoms with Gasteiger partial charge in [0.15, 0.2) is 0 Å². The van der Waals surface area contributed by atoms with Crippen LogP contribution in [-0.2, 0) is 4.79 Å². The zero-order valence-corrected chi connectivity index (χ0v) is 11.3. The van der Waals surface area contributed by atoms with Gasteiger partial charge in [-0.05, 0) is 31.9 Å². The van der Waals surface area contributed by atoms with E-state index in [4.69, 9.17) is 17.3 Å². The molecule has 0 bridgehead atoms. The molecule has 1 atom stereocenters. The van der Waals surface area contributed by atoms with Crippen molar-refractivity contribution in [2.24, 2.45) is 0 Å². The van der Waals surface area contributed by atoms with E-state index >= 15 is 0 Å². The highest BCUT2D eigenvalue weighted by molar-refractivity contribution is 6.36. The summed E-state index contributed by atoms with van der Waals surface area (Å²) < 4.78 is 0. The van der Waals surface area contributed by atoms with E-state index in [1.54, 1.807) is 25.1 Å². The summed E-state index contributed by atoms with van der Waals surface area (Å²) in [6.07, 6.45) is 2.01. The van der Waals surface area contributed by atoms with Crippen LogP contribution in [0.2, 0.25) is 5.02 Å². The quantitative estimate of drug-likeness (QED) is 0.728. The first-order valence-corrected chi connectivity index (χ1v) is 6.52. The first-order chi connectivity index (χ1) is 8.99. The maximum Gasteiger partial charge on any atom is 0.253 e. The number of nitrogens with two attached hydrogens (primary N) is 1. The Hall–Kier alpha value is -1.75. The van der Waals surface area contributed by atoms with Gasteiger partial charge in [0.25, 0.3) is 5.91 Å². The second kappa shape index (κ2) is 5.48. The molecule has 0 saturated heterocycles. The van der Waals surface area contributed by atoms with Crippen molar-refractivity contribution in [2.45, 2.75) is 31.8 Å². The summed E-state index contributed by atoms with van der Waals surface area (Å²) in [5, 5.41) is 5.63. The predicted octanol–water partition coefficient (Wildman–Crippen LogP) is 1.32. The first kappa shape index (κ1) is 13.7. The van der Waals surface area contributed by atoms with Crippen LogP contribution in [0.3, 0.4) is 0 Å². The van der Waals surface area contributed by atoms with Gasteiger partial charge in [-0.2, -0.15) is 0 Å². The largest absolute Gasteiger partial charge is 0.398 e. The van der Waals surface area contributed by atoms with Crippen molar-refractivity contribution in [1.82, 2.24) is 10.6 Å². The molecule has 19 heavy (non-hydrogen) atoms. The smallest absolute Gasteiger partial charge is 0.253 e. The molecule has 1 saturated carbocycles. The molecule has 1 aromatic rings. The standard InChI is InChI=1S/C13H16ClN3O2/c1-7(12(18)17-8-5-6-8)16-13(19)9-3-2-4-10(15)11(9)14/h2-4,7-8H,5-6,15H2,1H3,(H,16,19)(H,17,18). The van der Waals surface area contributed by atoms with Crippen LogP contribution >= 0.6 is 11.6 Å².